The number of halogens is 3. The number of rotatable bonds is 4. The number of nitrogens with zero attached hydrogens (tertiary/aromatic N) is 2. The average molecular weight is 251 g/mol. The van der Waals surface area contributed by atoms with Crippen molar-refractivity contribution in [3.05, 3.63) is 18.6 Å². The Morgan fingerprint density at radius 2 is 2.19 bits per heavy atom. The van der Waals surface area contributed by atoms with Crippen LogP contribution >= 0.6 is 11.8 Å². The number of aromatic nitrogens is 2. The first-order valence-corrected chi connectivity index (χ1v) is 5.58. The van der Waals surface area contributed by atoms with Gasteiger partial charge in [-0.05, 0) is 12.5 Å². The molecule has 1 aromatic heterocycles. The maximum atomic E-state index is 12.7. The zero-order valence-corrected chi connectivity index (χ0v) is 9.42. The van der Waals surface area contributed by atoms with Gasteiger partial charge in [0.15, 0.2) is 0 Å². The minimum absolute atomic E-state index is 0.266. The lowest BCUT2D eigenvalue weighted by Crippen LogP contribution is -2.42. The van der Waals surface area contributed by atoms with Gasteiger partial charge in [-0.15, -0.1) is 0 Å². The Kier molecular flexibility index (Phi) is 4.55. The molecule has 7 heteroatoms. The van der Waals surface area contributed by atoms with Crippen LogP contribution in [0.4, 0.5) is 13.2 Å². The molecule has 16 heavy (non-hydrogen) atoms. The lowest BCUT2D eigenvalue weighted by atomic mass is 10.1. The third kappa shape index (κ3) is 3.64. The van der Waals surface area contributed by atoms with Crippen molar-refractivity contribution >= 4 is 11.8 Å². The van der Waals surface area contributed by atoms with Crippen LogP contribution < -0.4 is 5.73 Å². The highest BCUT2D eigenvalue weighted by molar-refractivity contribution is 8.00. The summed E-state index contributed by atoms with van der Waals surface area (Å²) in [6.45, 7) is 1.63. The molecule has 0 aromatic carbocycles. The Morgan fingerprint density at radius 1 is 1.50 bits per heavy atom. The molecule has 0 spiro atoms. The van der Waals surface area contributed by atoms with E-state index in [1.807, 2.05) is 0 Å². The molecular weight excluding hydrogens is 239 g/mol. The summed E-state index contributed by atoms with van der Waals surface area (Å²) in [7, 11) is 0. The molecule has 0 aliphatic rings. The second-order valence-corrected chi connectivity index (χ2v) is 4.36. The van der Waals surface area contributed by atoms with Crippen molar-refractivity contribution < 1.29 is 13.2 Å². The van der Waals surface area contributed by atoms with Gasteiger partial charge in [0, 0.05) is 12.2 Å². The van der Waals surface area contributed by atoms with Gasteiger partial charge in [-0.1, -0.05) is 18.7 Å². The van der Waals surface area contributed by atoms with Gasteiger partial charge in [0.25, 0.3) is 0 Å². The van der Waals surface area contributed by atoms with Crippen molar-refractivity contribution in [2.75, 3.05) is 0 Å². The van der Waals surface area contributed by atoms with E-state index in [-0.39, 0.29) is 11.4 Å². The van der Waals surface area contributed by atoms with E-state index in [9.17, 15) is 13.2 Å². The topological polar surface area (TPSA) is 51.8 Å². The van der Waals surface area contributed by atoms with E-state index in [1.165, 1.54) is 18.6 Å². The average Bonchev–Trinajstić information content (AvgIpc) is 2.25. The van der Waals surface area contributed by atoms with Crippen LogP contribution in [-0.4, -0.2) is 27.4 Å². The summed E-state index contributed by atoms with van der Waals surface area (Å²) in [5.74, 6) is 0. The summed E-state index contributed by atoms with van der Waals surface area (Å²) < 4.78 is 38.1. The van der Waals surface area contributed by atoms with Gasteiger partial charge in [-0.25, -0.2) is 9.97 Å². The maximum Gasteiger partial charge on any atom is 0.402 e. The highest BCUT2D eigenvalue weighted by Gasteiger charge is 2.43. The lowest BCUT2D eigenvalue weighted by molar-refractivity contribution is -0.132. The van der Waals surface area contributed by atoms with Crippen molar-refractivity contribution in [1.29, 1.82) is 0 Å². The molecule has 1 heterocycles. The van der Waals surface area contributed by atoms with Crippen molar-refractivity contribution in [2.24, 2.45) is 5.73 Å². The minimum atomic E-state index is -4.33. The normalized spacial score (nSPS) is 15.8. The maximum absolute atomic E-state index is 12.7. The van der Waals surface area contributed by atoms with Crippen LogP contribution in [0.25, 0.3) is 0 Å². The minimum Gasteiger partial charge on any atom is -0.326 e. The van der Waals surface area contributed by atoms with E-state index in [4.69, 9.17) is 5.73 Å². The van der Waals surface area contributed by atoms with Crippen LogP contribution in [-0.2, 0) is 0 Å². The largest absolute Gasteiger partial charge is 0.402 e. The van der Waals surface area contributed by atoms with Gasteiger partial charge in [-0.2, -0.15) is 13.2 Å². The Bertz CT molecular complexity index is 318. The van der Waals surface area contributed by atoms with Crippen LogP contribution in [0.3, 0.4) is 0 Å². The van der Waals surface area contributed by atoms with E-state index in [1.54, 1.807) is 6.92 Å². The smallest absolute Gasteiger partial charge is 0.326 e. The van der Waals surface area contributed by atoms with E-state index in [2.05, 4.69) is 9.97 Å². The molecule has 90 valence electrons. The SMILES string of the molecule is CCC(N)C(Sc1ccncn1)C(F)(F)F. The molecule has 1 rings (SSSR count). The van der Waals surface area contributed by atoms with Gasteiger partial charge in [0.2, 0.25) is 0 Å². The summed E-state index contributed by atoms with van der Waals surface area (Å²) in [6, 6.07) is 0.506. The first kappa shape index (κ1) is 13.2. The highest BCUT2D eigenvalue weighted by Crippen LogP contribution is 2.36. The van der Waals surface area contributed by atoms with Crippen molar-refractivity contribution in [3.8, 4) is 0 Å². The van der Waals surface area contributed by atoms with Gasteiger partial charge in [-0.3, -0.25) is 0 Å². The van der Waals surface area contributed by atoms with Crippen molar-refractivity contribution in [3.63, 3.8) is 0 Å². The number of hydrogen-bond donors (Lipinski definition) is 1. The zero-order chi connectivity index (χ0) is 12.2. The Morgan fingerprint density at radius 3 is 2.62 bits per heavy atom. The summed E-state index contributed by atoms with van der Waals surface area (Å²) in [5.41, 5.74) is 5.47. The predicted octanol–water partition coefficient (Wildman–Crippen LogP) is 2.24. The standard InChI is InChI=1S/C9H12F3N3S/c1-2-6(13)8(9(10,11)12)16-7-3-4-14-5-15-7/h3-6,8H,2,13H2,1H3. The van der Waals surface area contributed by atoms with Gasteiger partial charge in [0.1, 0.15) is 11.6 Å². The summed E-state index contributed by atoms with van der Waals surface area (Å²) in [6.07, 6.45) is -1.44. The molecular formula is C9H12F3N3S. The lowest BCUT2D eigenvalue weighted by Gasteiger charge is -2.24. The third-order valence-electron chi connectivity index (χ3n) is 1.99. The van der Waals surface area contributed by atoms with Crippen LogP contribution in [0.1, 0.15) is 13.3 Å². The fourth-order valence-electron chi connectivity index (χ4n) is 1.09. The molecule has 0 aliphatic carbocycles. The molecule has 0 saturated heterocycles. The first-order chi connectivity index (χ1) is 7.45. The van der Waals surface area contributed by atoms with E-state index >= 15 is 0 Å². The van der Waals surface area contributed by atoms with Crippen LogP contribution in [0, 0.1) is 0 Å². The fourth-order valence-corrected chi connectivity index (χ4v) is 2.10. The molecule has 0 fully saturated rings. The summed E-state index contributed by atoms with van der Waals surface area (Å²) in [5, 5.41) is -1.35. The molecule has 0 radical (unpaired) electrons. The van der Waals surface area contributed by atoms with Crippen LogP contribution in [0.2, 0.25) is 0 Å². The molecule has 2 N–H and O–H groups in total. The van der Waals surface area contributed by atoms with Crippen molar-refractivity contribution in [1.82, 2.24) is 9.97 Å². The fraction of sp³-hybridized carbons (Fsp3) is 0.556. The summed E-state index contributed by atoms with van der Waals surface area (Å²) >= 11 is 0.627. The van der Waals surface area contributed by atoms with E-state index in [0.717, 1.165) is 0 Å². The Hall–Kier alpha value is -0.820. The van der Waals surface area contributed by atoms with Crippen molar-refractivity contribution in [2.45, 2.75) is 35.8 Å². The van der Waals surface area contributed by atoms with E-state index in [0.29, 0.717) is 11.8 Å². The molecule has 2 unspecified atom stereocenters. The second kappa shape index (κ2) is 5.49. The first-order valence-electron chi connectivity index (χ1n) is 4.70. The van der Waals surface area contributed by atoms with Crippen LogP contribution in [0.5, 0.6) is 0 Å². The third-order valence-corrected chi connectivity index (χ3v) is 3.34. The van der Waals surface area contributed by atoms with Crippen LogP contribution in [0.15, 0.2) is 23.6 Å². The van der Waals surface area contributed by atoms with Gasteiger partial charge < -0.3 is 5.73 Å². The molecule has 2 atom stereocenters. The molecule has 3 nitrogen and oxygen atoms in total. The molecule has 1 aromatic rings. The van der Waals surface area contributed by atoms with Gasteiger partial charge >= 0.3 is 6.18 Å². The zero-order valence-electron chi connectivity index (χ0n) is 8.61. The molecule has 0 saturated carbocycles. The van der Waals surface area contributed by atoms with Gasteiger partial charge in [0.05, 0.1) is 5.03 Å². The number of alkyl halides is 3. The monoisotopic (exact) mass is 251 g/mol. The number of nitrogens with two attached hydrogens (primary N) is 1. The summed E-state index contributed by atoms with van der Waals surface area (Å²) in [4.78, 5) is 7.39. The Labute approximate surface area is 95.7 Å². The quantitative estimate of drug-likeness (QED) is 0.658. The Balaban J connectivity index is 2.80. The van der Waals surface area contributed by atoms with E-state index < -0.39 is 17.5 Å². The number of thioether (sulfide) groups is 1. The molecule has 0 amide bonds. The second-order valence-electron chi connectivity index (χ2n) is 3.20. The number of hydrogen-bond acceptors (Lipinski definition) is 4. The highest BCUT2D eigenvalue weighted by atomic mass is 32.2. The predicted molar refractivity (Wildman–Crippen MR) is 56.0 cm³/mol. The molecule has 0 aliphatic heterocycles. The molecule has 0 bridgehead atoms.